The summed E-state index contributed by atoms with van der Waals surface area (Å²) in [4.78, 5) is 13.9. The lowest BCUT2D eigenvalue weighted by Crippen LogP contribution is -2.18. The van der Waals surface area contributed by atoms with E-state index in [0.717, 1.165) is 16.5 Å². The second-order valence-corrected chi connectivity index (χ2v) is 8.87. The molecule has 0 saturated carbocycles. The minimum absolute atomic E-state index is 0.316. The van der Waals surface area contributed by atoms with E-state index in [0.29, 0.717) is 32.6 Å². The van der Waals surface area contributed by atoms with Gasteiger partial charge in [-0.3, -0.25) is 0 Å². The lowest BCUT2D eigenvalue weighted by atomic mass is 10.1. The molecule has 0 saturated heterocycles. The molecular formula is C21H19BrClN5O. The Balaban J connectivity index is 2.06. The first kappa shape index (κ1) is 19.8. The number of fused-ring (bicyclic) bond motifs is 1. The number of benzene rings is 1. The van der Waals surface area contributed by atoms with E-state index in [9.17, 15) is 0 Å². The van der Waals surface area contributed by atoms with Gasteiger partial charge in [0.2, 0.25) is 11.4 Å². The van der Waals surface area contributed by atoms with Crippen molar-refractivity contribution in [2.24, 2.45) is 4.99 Å². The van der Waals surface area contributed by atoms with Crippen molar-refractivity contribution in [3.05, 3.63) is 63.3 Å². The molecule has 6 nitrogen and oxygen atoms in total. The van der Waals surface area contributed by atoms with Gasteiger partial charge in [0.05, 0.1) is 21.5 Å². The van der Waals surface area contributed by atoms with E-state index in [1.54, 1.807) is 23.0 Å². The lowest BCUT2D eigenvalue weighted by Gasteiger charge is -2.12. The van der Waals surface area contributed by atoms with Crippen molar-refractivity contribution in [3.63, 3.8) is 0 Å². The maximum atomic E-state index is 6.36. The molecule has 3 aromatic heterocycles. The molecule has 0 aliphatic heterocycles. The first-order valence-electron chi connectivity index (χ1n) is 9.06. The van der Waals surface area contributed by atoms with Gasteiger partial charge < -0.3 is 4.42 Å². The van der Waals surface area contributed by atoms with Crippen molar-refractivity contribution in [1.29, 1.82) is 0 Å². The summed E-state index contributed by atoms with van der Waals surface area (Å²) in [5.74, 6) is 0.876. The molecule has 0 aliphatic rings. The standard InChI is InChI=1S/C21H19BrClN5O/c1-12-7-5-8-13-17(12)25-20(29-19(13)26-21(2,3)4)15-11-16(22)27-28(15)18-14(23)9-6-10-24-18/h5-11H,1-4H3. The molecular weight excluding hydrogens is 454 g/mol. The Morgan fingerprint density at radius 3 is 2.69 bits per heavy atom. The van der Waals surface area contributed by atoms with Gasteiger partial charge >= 0.3 is 0 Å². The number of halogens is 2. The summed E-state index contributed by atoms with van der Waals surface area (Å²) in [6, 6.07) is 11.3. The zero-order valence-electron chi connectivity index (χ0n) is 16.4. The van der Waals surface area contributed by atoms with E-state index in [4.69, 9.17) is 26.0 Å². The summed E-state index contributed by atoms with van der Waals surface area (Å²) < 4.78 is 8.42. The predicted molar refractivity (Wildman–Crippen MR) is 117 cm³/mol. The molecule has 0 unspecified atom stereocenters. The summed E-state index contributed by atoms with van der Waals surface area (Å²) in [5.41, 5.74) is 2.69. The van der Waals surface area contributed by atoms with Crippen LogP contribution in [0, 0.1) is 6.92 Å². The highest BCUT2D eigenvalue weighted by molar-refractivity contribution is 9.10. The van der Waals surface area contributed by atoms with Gasteiger partial charge in [-0.15, -0.1) is 0 Å². The van der Waals surface area contributed by atoms with Crippen LogP contribution < -0.4 is 5.55 Å². The van der Waals surface area contributed by atoms with Gasteiger partial charge in [0.15, 0.2) is 5.82 Å². The van der Waals surface area contributed by atoms with Gasteiger partial charge in [-0.05, 0) is 67.4 Å². The van der Waals surface area contributed by atoms with Crippen molar-refractivity contribution < 1.29 is 4.42 Å². The molecule has 29 heavy (non-hydrogen) atoms. The number of aryl methyl sites for hydroxylation is 1. The molecule has 8 heteroatoms. The first-order chi connectivity index (χ1) is 13.7. The Kier molecular flexibility index (Phi) is 5.04. The van der Waals surface area contributed by atoms with E-state index >= 15 is 0 Å². The molecule has 0 amide bonds. The molecule has 0 bridgehead atoms. The number of nitrogens with zero attached hydrogens (tertiary/aromatic N) is 5. The van der Waals surface area contributed by atoms with E-state index in [2.05, 4.69) is 26.0 Å². The maximum Gasteiger partial charge on any atom is 0.248 e. The molecule has 4 aromatic rings. The second kappa shape index (κ2) is 7.39. The average Bonchev–Trinajstić information content (AvgIpc) is 3.03. The zero-order valence-corrected chi connectivity index (χ0v) is 18.8. The van der Waals surface area contributed by atoms with Gasteiger partial charge in [-0.1, -0.05) is 23.7 Å². The summed E-state index contributed by atoms with van der Waals surface area (Å²) in [5, 5.41) is 5.82. The van der Waals surface area contributed by atoms with Crippen molar-refractivity contribution in [2.45, 2.75) is 33.2 Å². The summed E-state index contributed by atoms with van der Waals surface area (Å²) in [6.45, 7) is 8.10. The van der Waals surface area contributed by atoms with Crippen molar-refractivity contribution in [3.8, 4) is 17.4 Å². The summed E-state index contributed by atoms with van der Waals surface area (Å²) in [6.07, 6.45) is 1.66. The van der Waals surface area contributed by atoms with Gasteiger partial charge in [-0.25, -0.2) is 19.6 Å². The lowest BCUT2D eigenvalue weighted by molar-refractivity contribution is 0.455. The second-order valence-electron chi connectivity index (χ2n) is 7.65. The minimum Gasteiger partial charge on any atom is -0.418 e. The number of hydrogen-bond acceptors (Lipinski definition) is 5. The summed E-state index contributed by atoms with van der Waals surface area (Å²) in [7, 11) is 0. The number of hydrogen-bond donors (Lipinski definition) is 0. The van der Waals surface area contributed by atoms with Crippen molar-refractivity contribution in [2.75, 3.05) is 0 Å². The number of rotatable bonds is 2. The fourth-order valence-electron chi connectivity index (χ4n) is 2.95. The van der Waals surface area contributed by atoms with Crippen LogP contribution in [-0.2, 0) is 0 Å². The summed E-state index contributed by atoms with van der Waals surface area (Å²) >= 11 is 9.80. The normalized spacial score (nSPS) is 12.7. The van der Waals surface area contributed by atoms with E-state index in [1.165, 1.54) is 0 Å². The third-order valence-electron chi connectivity index (χ3n) is 4.15. The highest BCUT2D eigenvalue weighted by atomic mass is 79.9. The van der Waals surface area contributed by atoms with Crippen LogP contribution in [0.3, 0.4) is 0 Å². The maximum absolute atomic E-state index is 6.36. The Morgan fingerprint density at radius 1 is 1.17 bits per heavy atom. The molecule has 0 aliphatic carbocycles. The highest BCUT2D eigenvalue weighted by Crippen LogP contribution is 2.28. The Labute approximate surface area is 181 Å². The van der Waals surface area contributed by atoms with Crippen molar-refractivity contribution in [1.82, 2.24) is 19.7 Å². The van der Waals surface area contributed by atoms with Crippen molar-refractivity contribution >= 4 is 38.4 Å². The van der Waals surface area contributed by atoms with Crippen LogP contribution in [0.4, 0.5) is 0 Å². The van der Waals surface area contributed by atoms with E-state index in [-0.39, 0.29) is 5.54 Å². The molecule has 0 fully saturated rings. The molecule has 148 valence electrons. The van der Waals surface area contributed by atoms with Crippen LogP contribution in [0.5, 0.6) is 0 Å². The Bertz CT molecular complexity index is 1290. The molecule has 0 N–H and O–H groups in total. The Hall–Kier alpha value is -2.51. The topological polar surface area (TPSA) is 69.1 Å². The first-order valence-corrected chi connectivity index (χ1v) is 10.2. The fourth-order valence-corrected chi connectivity index (χ4v) is 3.52. The van der Waals surface area contributed by atoms with Crippen LogP contribution in [0.25, 0.3) is 28.3 Å². The monoisotopic (exact) mass is 471 g/mol. The van der Waals surface area contributed by atoms with Crippen LogP contribution in [0.15, 0.2) is 56.6 Å². The highest BCUT2D eigenvalue weighted by Gasteiger charge is 2.19. The van der Waals surface area contributed by atoms with Gasteiger partial charge in [0.25, 0.3) is 0 Å². The number of pyridine rings is 1. The van der Waals surface area contributed by atoms with Crippen LogP contribution in [0.2, 0.25) is 5.02 Å². The fraction of sp³-hybridized carbons (Fsp3) is 0.238. The largest absolute Gasteiger partial charge is 0.418 e. The molecule has 3 heterocycles. The predicted octanol–water partition coefficient (Wildman–Crippen LogP) is 5.50. The van der Waals surface area contributed by atoms with Gasteiger partial charge in [-0.2, -0.15) is 5.10 Å². The van der Waals surface area contributed by atoms with Gasteiger partial charge in [0, 0.05) is 12.3 Å². The van der Waals surface area contributed by atoms with Gasteiger partial charge in [0.1, 0.15) is 10.3 Å². The van der Waals surface area contributed by atoms with E-state index in [1.807, 2.05) is 52.0 Å². The molecule has 4 rings (SSSR count). The molecule has 0 spiro atoms. The number of para-hydroxylation sites is 1. The SMILES string of the molecule is Cc1cccc2c(=NC(C)(C)C)oc(-c3cc(Br)nn3-c3ncccc3Cl)nc12. The van der Waals surface area contributed by atoms with Crippen LogP contribution in [0.1, 0.15) is 26.3 Å². The minimum atomic E-state index is -0.316. The Morgan fingerprint density at radius 2 is 1.97 bits per heavy atom. The van der Waals surface area contributed by atoms with Crippen LogP contribution >= 0.6 is 27.5 Å². The molecule has 0 radical (unpaired) electrons. The van der Waals surface area contributed by atoms with E-state index < -0.39 is 0 Å². The third kappa shape index (κ3) is 3.97. The smallest absolute Gasteiger partial charge is 0.248 e. The quantitative estimate of drug-likeness (QED) is 0.386. The zero-order chi connectivity index (χ0) is 20.8. The van der Waals surface area contributed by atoms with Crippen LogP contribution in [-0.4, -0.2) is 25.3 Å². The average molecular weight is 473 g/mol. The molecule has 0 atom stereocenters. The number of aromatic nitrogens is 4. The molecule has 1 aromatic carbocycles. The third-order valence-corrected chi connectivity index (χ3v) is 4.83.